The van der Waals surface area contributed by atoms with Gasteiger partial charge in [0.25, 0.3) is 0 Å². The van der Waals surface area contributed by atoms with E-state index in [0.29, 0.717) is 5.92 Å². The summed E-state index contributed by atoms with van der Waals surface area (Å²) in [6.07, 6.45) is 3.07. The number of rotatable bonds is 3. The summed E-state index contributed by atoms with van der Waals surface area (Å²) in [6.45, 7) is 6.46. The predicted octanol–water partition coefficient (Wildman–Crippen LogP) is 3.90. The van der Waals surface area contributed by atoms with Crippen LogP contribution in [0.1, 0.15) is 25.1 Å². The highest BCUT2D eigenvalue weighted by Gasteiger charge is 2.04. The first-order chi connectivity index (χ1) is 9.61. The lowest BCUT2D eigenvalue weighted by Crippen LogP contribution is -1.95. The van der Waals surface area contributed by atoms with E-state index in [9.17, 15) is 0 Å². The van der Waals surface area contributed by atoms with Crippen molar-refractivity contribution < 1.29 is 0 Å². The van der Waals surface area contributed by atoms with E-state index in [0.717, 1.165) is 29.0 Å². The third-order valence-electron chi connectivity index (χ3n) is 3.33. The molecule has 0 fully saturated rings. The molecule has 2 heterocycles. The highest BCUT2D eigenvalue weighted by Crippen LogP contribution is 2.19. The summed E-state index contributed by atoms with van der Waals surface area (Å²) in [4.78, 5) is 4.40. The molecule has 0 aliphatic rings. The first kappa shape index (κ1) is 12.9. The average molecular weight is 265 g/mol. The van der Waals surface area contributed by atoms with Gasteiger partial charge in [0.15, 0.2) is 5.65 Å². The molecule has 0 saturated carbocycles. The maximum absolute atomic E-state index is 4.61. The zero-order valence-electron chi connectivity index (χ0n) is 12.2. The van der Waals surface area contributed by atoms with Gasteiger partial charge in [0.05, 0.1) is 17.6 Å². The molecule has 20 heavy (non-hydrogen) atoms. The molecular weight excluding hydrogens is 246 g/mol. The Kier molecular flexibility index (Phi) is 3.26. The zero-order valence-corrected chi connectivity index (χ0v) is 12.2. The number of imidazole rings is 1. The molecule has 0 amide bonds. The lowest BCUT2D eigenvalue weighted by molar-refractivity contribution is 0.647. The van der Waals surface area contributed by atoms with Crippen molar-refractivity contribution in [3.05, 3.63) is 53.9 Å². The number of aryl methyl sites for hydroxylation is 1. The summed E-state index contributed by atoms with van der Waals surface area (Å²) in [5, 5.41) is 4.61. The number of hydrogen-bond donors (Lipinski definition) is 0. The van der Waals surface area contributed by atoms with Gasteiger partial charge in [-0.05, 0) is 37.0 Å². The van der Waals surface area contributed by atoms with Crippen molar-refractivity contribution in [2.24, 2.45) is 5.92 Å². The molecule has 0 saturated heterocycles. The van der Waals surface area contributed by atoms with Gasteiger partial charge >= 0.3 is 0 Å². The fourth-order valence-corrected chi connectivity index (χ4v) is 2.44. The molecule has 0 atom stereocenters. The standard InChI is InChI=1S/C17H19N3/c1-12(2)10-14-4-6-15(7-5-14)16-8-9-17-18-13(3)11-20(17)19-16/h4-9,11-12H,10H2,1-3H3. The Bertz CT molecular complexity index is 724. The summed E-state index contributed by atoms with van der Waals surface area (Å²) >= 11 is 0. The summed E-state index contributed by atoms with van der Waals surface area (Å²) in [6, 6.07) is 12.7. The monoisotopic (exact) mass is 265 g/mol. The van der Waals surface area contributed by atoms with Crippen molar-refractivity contribution in [2.45, 2.75) is 27.2 Å². The Hall–Kier alpha value is -2.16. The maximum Gasteiger partial charge on any atom is 0.153 e. The fourth-order valence-electron chi connectivity index (χ4n) is 2.44. The predicted molar refractivity (Wildman–Crippen MR) is 81.7 cm³/mol. The van der Waals surface area contributed by atoms with Crippen molar-refractivity contribution in [1.29, 1.82) is 0 Å². The molecule has 2 aromatic heterocycles. The van der Waals surface area contributed by atoms with Crippen LogP contribution in [0.4, 0.5) is 0 Å². The summed E-state index contributed by atoms with van der Waals surface area (Å²) in [5.41, 5.74) is 5.38. The molecule has 0 radical (unpaired) electrons. The third-order valence-corrected chi connectivity index (χ3v) is 3.33. The largest absolute Gasteiger partial charge is 0.232 e. The highest BCUT2D eigenvalue weighted by atomic mass is 15.2. The normalized spacial score (nSPS) is 11.4. The van der Waals surface area contributed by atoms with Crippen LogP contribution in [0, 0.1) is 12.8 Å². The van der Waals surface area contributed by atoms with E-state index in [1.54, 1.807) is 0 Å². The molecule has 3 nitrogen and oxygen atoms in total. The average Bonchev–Trinajstić information content (AvgIpc) is 2.78. The molecule has 1 aromatic carbocycles. The van der Waals surface area contributed by atoms with Crippen molar-refractivity contribution in [2.75, 3.05) is 0 Å². The molecule has 0 spiro atoms. The molecule has 0 aliphatic heterocycles. The number of benzene rings is 1. The van der Waals surface area contributed by atoms with Crippen molar-refractivity contribution in [3.8, 4) is 11.3 Å². The Morgan fingerprint density at radius 1 is 1.05 bits per heavy atom. The Morgan fingerprint density at radius 3 is 2.50 bits per heavy atom. The van der Waals surface area contributed by atoms with E-state index >= 15 is 0 Å². The zero-order chi connectivity index (χ0) is 14.1. The molecule has 102 valence electrons. The van der Waals surface area contributed by atoms with Crippen LogP contribution in [0.3, 0.4) is 0 Å². The van der Waals surface area contributed by atoms with Gasteiger partial charge in [-0.25, -0.2) is 9.50 Å². The van der Waals surface area contributed by atoms with Gasteiger partial charge in [0.1, 0.15) is 0 Å². The maximum atomic E-state index is 4.61. The van der Waals surface area contributed by atoms with Crippen LogP contribution in [-0.2, 0) is 6.42 Å². The second-order valence-corrected chi connectivity index (χ2v) is 5.70. The number of aromatic nitrogens is 3. The van der Waals surface area contributed by atoms with E-state index in [2.05, 4.69) is 48.2 Å². The lowest BCUT2D eigenvalue weighted by atomic mass is 10.0. The Labute approximate surface area is 119 Å². The molecule has 3 aromatic rings. The molecule has 0 bridgehead atoms. The van der Waals surface area contributed by atoms with Gasteiger partial charge in [-0.1, -0.05) is 38.1 Å². The summed E-state index contributed by atoms with van der Waals surface area (Å²) < 4.78 is 1.84. The van der Waals surface area contributed by atoms with Crippen LogP contribution < -0.4 is 0 Å². The van der Waals surface area contributed by atoms with Crippen molar-refractivity contribution in [1.82, 2.24) is 14.6 Å². The SMILES string of the molecule is Cc1cn2nc(-c3ccc(CC(C)C)cc3)ccc2n1. The number of nitrogens with zero attached hydrogens (tertiary/aromatic N) is 3. The van der Waals surface area contributed by atoms with Gasteiger partial charge in [0.2, 0.25) is 0 Å². The second-order valence-electron chi connectivity index (χ2n) is 5.70. The van der Waals surface area contributed by atoms with Crippen LogP contribution in [0.15, 0.2) is 42.6 Å². The van der Waals surface area contributed by atoms with Crippen LogP contribution in [0.5, 0.6) is 0 Å². The van der Waals surface area contributed by atoms with Gasteiger partial charge in [-0.2, -0.15) is 5.10 Å². The number of hydrogen-bond acceptors (Lipinski definition) is 2. The highest BCUT2D eigenvalue weighted by molar-refractivity contribution is 5.60. The molecule has 0 aliphatic carbocycles. The van der Waals surface area contributed by atoms with E-state index in [-0.39, 0.29) is 0 Å². The smallest absolute Gasteiger partial charge is 0.153 e. The number of fused-ring (bicyclic) bond motifs is 1. The minimum Gasteiger partial charge on any atom is -0.232 e. The van der Waals surface area contributed by atoms with E-state index in [1.807, 2.05) is 29.8 Å². The van der Waals surface area contributed by atoms with Gasteiger partial charge in [-0.3, -0.25) is 0 Å². The van der Waals surface area contributed by atoms with Crippen molar-refractivity contribution >= 4 is 5.65 Å². The van der Waals surface area contributed by atoms with Crippen molar-refractivity contribution in [3.63, 3.8) is 0 Å². The first-order valence-electron chi connectivity index (χ1n) is 7.04. The van der Waals surface area contributed by atoms with Gasteiger partial charge in [-0.15, -0.1) is 0 Å². The molecular formula is C17H19N3. The molecule has 3 heteroatoms. The summed E-state index contributed by atoms with van der Waals surface area (Å²) in [5.74, 6) is 0.684. The van der Waals surface area contributed by atoms with E-state index < -0.39 is 0 Å². The molecule has 0 N–H and O–H groups in total. The van der Waals surface area contributed by atoms with Gasteiger partial charge in [0, 0.05) is 5.56 Å². The van der Waals surface area contributed by atoms with Crippen LogP contribution in [-0.4, -0.2) is 14.6 Å². The van der Waals surface area contributed by atoms with Gasteiger partial charge < -0.3 is 0 Å². The van der Waals surface area contributed by atoms with E-state index in [4.69, 9.17) is 0 Å². The van der Waals surface area contributed by atoms with E-state index in [1.165, 1.54) is 5.56 Å². The lowest BCUT2D eigenvalue weighted by Gasteiger charge is -2.06. The topological polar surface area (TPSA) is 30.2 Å². The minimum atomic E-state index is 0.684. The summed E-state index contributed by atoms with van der Waals surface area (Å²) in [7, 11) is 0. The Morgan fingerprint density at radius 2 is 1.80 bits per heavy atom. The second kappa shape index (κ2) is 5.08. The third kappa shape index (κ3) is 2.57. The van der Waals surface area contributed by atoms with Crippen LogP contribution >= 0.6 is 0 Å². The van der Waals surface area contributed by atoms with Crippen LogP contribution in [0.25, 0.3) is 16.9 Å². The molecule has 3 rings (SSSR count). The fraction of sp³-hybridized carbons (Fsp3) is 0.294. The first-order valence-corrected chi connectivity index (χ1v) is 7.04. The van der Waals surface area contributed by atoms with Crippen LogP contribution in [0.2, 0.25) is 0 Å². The molecule has 0 unspecified atom stereocenters. The quantitative estimate of drug-likeness (QED) is 0.719. The Balaban J connectivity index is 1.93. The minimum absolute atomic E-state index is 0.684.